The molecular formula is C40H78BN3O18P2S2. The minimum Gasteiger partial charge on any atom is -0.388 e. The van der Waals surface area contributed by atoms with E-state index in [4.69, 9.17) is 64.8 Å². The van der Waals surface area contributed by atoms with Gasteiger partial charge < -0.3 is 64.2 Å². The number of amidine groups is 1. The molecule has 2 heterocycles. The maximum atomic E-state index is 12.5. The van der Waals surface area contributed by atoms with Crippen molar-refractivity contribution in [3.05, 3.63) is 0 Å². The molecule has 2 saturated heterocycles. The molecule has 7 N–H and O–H groups in total. The number of nitrogens with two attached hydrogens (primary N) is 1. The van der Waals surface area contributed by atoms with Crippen LogP contribution in [0.4, 0.5) is 0 Å². The smallest absolute Gasteiger partial charge is 0.388 e. The number of phosphoric ester groups is 2. The summed E-state index contributed by atoms with van der Waals surface area (Å²) in [7, 11) is 0.227. The second kappa shape index (κ2) is 32.5. The molecule has 4 unspecified atom stereocenters. The third-order valence-corrected chi connectivity index (χ3v) is 13.8. The second-order valence-electron chi connectivity index (χ2n) is 17.6. The van der Waals surface area contributed by atoms with E-state index in [2.05, 4.69) is 10.3 Å². The predicted octanol–water partition coefficient (Wildman–Crippen LogP) is 3.66. The first-order chi connectivity index (χ1) is 31.0. The fourth-order valence-electron chi connectivity index (χ4n) is 6.09. The molecule has 2 radical (unpaired) electrons. The number of amides is 1. The standard InChI is InChI=1S/C40H78BN3O18P2S2/c1-29-34(46)36(61-40(5,6)7)31(59-29)28-58-63(48,49)57-24-23-54-22-21-53-20-19-52-18-16-43-32(42)13-12-25-65-66-26-14-33(45)44-15-10-8-9-11-17-56-64(50,51)62-37-30(27-55-39(2,3)4)60-38(41)35(37)47/h29-31,34-38,46-47H,8-28H2,1-7H3,(H2,42,43)(H,44,45)(H,48,49)(H,50,51)/t29-,30+,31+,34+,35-,36?,37?,38+/m0/s1. The topological polar surface area (TPSA) is 284 Å². The number of carbonyl (C=O) groups is 1. The summed E-state index contributed by atoms with van der Waals surface area (Å²) in [5.41, 5.74) is 4.98. The fourth-order valence-corrected chi connectivity index (χ4v) is 9.87. The van der Waals surface area contributed by atoms with Crippen molar-refractivity contribution in [3.63, 3.8) is 0 Å². The Kier molecular flexibility index (Phi) is 30.4. The first-order valence-electron chi connectivity index (χ1n) is 22.5. The zero-order chi connectivity index (χ0) is 49.2. The molecule has 386 valence electrons. The van der Waals surface area contributed by atoms with Crippen LogP contribution >= 0.6 is 37.2 Å². The maximum absolute atomic E-state index is 12.5. The van der Waals surface area contributed by atoms with Crippen molar-refractivity contribution < 1.29 is 85.2 Å². The Morgan fingerprint density at radius 1 is 0.727 bits per heavy atom. The summed E-state index contributed by atoms with van der Waals surface area (Å²) in [5, 5.41) is 23.6. The molecule has 0 bridgehead atoms. The highest BCUT2D eigenvalue weighted by Gasteiger charge is 2.47. The average molecular weight is 1030 g/mol. The van der Waals surface area contributed by atoms with Gasteiger partial charge in [0.25, 0.3) is 0 Å². The van der Waals surface area contributed by atoms with E-state index in [1.54, 1.807) is 28.5 Å². The van der Waals surface area contributed by atoms with Gasteiger partial charge in [-0.1, -0.05) is 34.4 Å². The van der Waals surface area contributed by atoms with Gasteiger partial charge in [-0.25, -0.2) is 9.13 Å². The molecule has 0 aromatic heterocycles. The summed E-state index contributed by atoms with van der Waals surface area (Å²) < 4.78 is 84.2. The molecule has 0 saturated carbocycles. The van der Waals surface area contributed by atoms with E-state index in [1.807, 2.05) is 41.5 Å². The summed E-state index contributed by atoms with van der Waals surface area (Å²) >= 11 is 0. The van der Waals surface area contributed by atoms with Gasteiger partial charge in [0.1, 0.15) is 44.5 Å². The quantitative estimate of drug-likeness (QED) is 0.0129. The summed E-state index contributed by atoms with van der Waals surface area (Å²) in [4.78, 5) is 36.7. The minimum atomic E-state index is -4.48. The molecule has 21 nitrogen and oxygen atoms in total. The number of ether oxygens (including phenoxy) is 7. The van der Waals surface area contributed by atoms with Gasteiger partial charge >= 0.3 is 15.6 Å². The molecule has 66 heavy (non-hydrogen) atoms. The normalized spacial score (nSPS) is 25.8. The van der Waals surface area contributed by atoms with Crippen LogP contribution in [0.1, 0.15) is 93.4 Å². The molecule has 0 spiro atoms. The molecule has 2 rings (SSSR count). The molecule has 2 fully saturated rings. The lowest BCUT2D eigenvalue weighted by atomic mass is 9.93. The van der Waals surface area contributed by atoms with Crippen molar-refractivity contribution in [2.75, 3.05) is 90.7 Å². The van der Waals surface area contributed by atoms with Crippen LogP contribution in [0.3, 0.4) is 0 Å². The molecule has 2 aliphatic rings. The lowest BCUT2D eigenvalue weighted by molar-refractivity contribution is -0.120. The van der Waals surface area contributed by atoms with Gasteiger partial charge in [-0.2, -0.15) is 0 Å². The number of aliphatic hydroxyl groups is 2. The number of hydrogen-bond acceptors (Lipinski definition) is 19. The highest BCUT2D eigenvalue weighted by atomic mass is 33.1. The van der Waals surface area contributed by atoms with Crippen LogP contribution in [-0.2, 0) is 65.2 Å². The number of aliphatic imine (C=N–C) groups is 1. The first-order valence-corrected chi connectivity index (χ1v) is 28.0. The van der Waals surface area contributed by atoms with Crippen molar-refractivity contribution in [2.24, 2.45) is 10.7 Å². The average Bonchev–Trinajstić information content (AvgIpc) is 3.64. The summed E-state index contributed by atoms with van der Waals surface area (Å²) in [6.45, 7) is 15.0. The Balaban J connectivity index is 1.35. The van der Waals surface area contributed by atoms with Crippen LogP contribution < -0.4 is 11.1 Å². The van der Waals surface area contributed by atoms with Crippen LogP contribution in [0.15, 0.2) is 4.99 Å². The lowest BCUT2D eigenvalue weighted by Gasteiger charge is -2.29. The monoisotopic (exact) mass is 1030 g/mol. The highest BCUT2D eigenvalue weighted by Crippen LogP contribution is 2.47. The van der Waals surface area contributed by atoms with Crippen LogP contribution in [0.25, 0.3) is 0 Å². The molecule has 26 heteroatoms. The van der Waals surface area contributed by atoms with E-state index in [1.165, 1.54) is 0 Å². The molecular weight excluding hydrogens is 947 g/mol. The highest BCUT2D eigenvalue weighted by molar-refractivity contribution is 8.76. The van der Waals surface area contributed by atoms with Crippen molar-refractivity contribution in [2.45, 2.75) is 153 Å². The predicted molar refractivity (Wildman–Crippen MR) is 253 cm³/mol. The molecule has 1 amide bonds. The number of nitrogens with zero attached hydrogens (tertiary/aromatic N) is 1. The Labute approximate surface area is 400 Å². The zero-order valence-electron chi connectivity index (χ0n) is 39.8. The Hall–Kier alpha value is -0.435. The van der Waals surface area contributed by atoms with Gasteiger partial charge in [0.05, 0.1) is 95.8 Å². The van der Waals surface area contributed by atoms with E-state index >= 15 is 0 Å². The van der Waals surface area contributed by atoms with Crippen molar-refractivity contribution in [1.82, 2.24) is 5.32 Å². The zero-order valence-corrected chi connectivity index (χ0v) is 43.2. The molecule has 10 atom stereocenters. The van der Waals surface area contributed by atoms with E-state index < -0.39 is 75.6 Å². The molecule has 0 aromatic rings. The summed E-state index contributed by atoms with van der Waals surface area (Å²) in [5.74, 6) is 2.12. The second-order valence-corrected chi connectivity index (χ2v) is 23.1. The number of hydrogen-bond donors (Lipinski definition) is 6. The van der Waals surface area contributed by atoms with E-state index in [0.717, 1.165) is 31.4 Å². The van der Waals surface area contributed by atoms with Gasteiger partial charge in [-0.15, -0.1) is 0 Å². The van der Waals surface area contributed by atoms with Crippen molar-refractivity contribution in [1.29, 1.82) is 0 Å². The van der Waals surface area contributed by atoms with E-state index in [-0.39, 0.29) is 45.5 Å². The molecule has 0 aromatic carbocycles. The summed E-state index contributed by atoms with van der Waals surface area (Å²) in [6.07, 6.45) is -1.44. The van der Waals surface area contributed by atoms with Gasteiger partial charge in [0.2, 0.25) is 5.91 Å². The molecule has 0 aliphatic carbocycles. The van der Waals surface area contributed by atoms with Gasteiger partial charge in [0, 0.05) is 36.9 Å². The first kappa shape index (κ1) is 61.7. The van der Waals surface area contributed by atoms with Crippen LogP contribution in [0.5, 0.6) is 0 Å². The van der Waals surface area contributed by atoms with Crippen LogP contribution in [0, 0.1) is 0 Å². The third kappa shape index (κ3) is 29.0. The van der Waals surface area contributed by atoms with Crippen molar-refractivity contribution in [3.8, 4) is 0 Å². The molecule has 2 aliphatic heterocycles. The largest absolute Gasteiger partial charge is 0.472 e. The summed E-state index contributed by atoms with van der Waals surface area (Å²) in [6, 6.07) is -1.08. The third-order valence-electron chi connectivity index (χ3n) is 9.35. The number of aliphatic hydroxyl groups excluding tert-OH is 2. The Bertz CT molecular complexity index is 1470. The van der Waals surface area contributed by atoms with Crippen LogP contribution in [0.2, 0.25) is 0 Å². The maximum Gasteiger partial charge on any atom is 0.472 e. The SMILES string of the molecule is [B][C@@H]1O[C@H](COC(C)(C)C)C(OP(=O)(O)OCCCCCCNC(=O)CCSSCCCC(N)=NCCOCCOCCOCCOP(=O)(O)OC[C@H]2O[C@@H](C)[C@@H](O)C2OC(C)(C)C)[C@@H]1O. The number of phosphoric acid groups is 2. The van der Waals surface area contributed by atoms with Crippen molar-refractivity contribution >= 4 is 56.8 Å². The Morgan fingerprint density at radius 2 is 1.33 bits per heavy atom. The Morgan fingerprint density at radius 3 is 2.00 bits per heavy atom. The van der Waals surface area contributed by atoms with Gasteiger partial charge in [-0.3, -0.25) is 27.9 Å². The lowest BCUT2D eigenvalue weighted by Crippen LogP contribution is -2.41. The fraction of sp³-hybridized carbons (Fsp3) is 0.950. The van der Waals surface area contributed by atoms with E-state index in [9.17, 15) is 33.9 Å². The number of rotatable bonds is 37. The number of unbranched alkanes of at least 4 members (excludes halogenated alkanes) is 3. The van der Waals surface area contributed by atoms with E-state index in [0.29, 0.717) is 70.4 Å². The number of carbonyl (C=O) groups excluding carboxylic acids is 1. The number of nitrogens with one attached hydrogen (secondary N) is 1. The minimum absolute atomic E-state index is 0.0119. The van der Waals surface area contributed by atoms with Gasteiger partial charge in [-0.05, 0) is 67.7 Å². The van der Waals surface area contributed by atoms with Crippen LogP contribution in [-0.4, -0.2) is 190 Å². The van der Waals surface area contributed by atoms with Gasteiger partial charge in [0.15, 0.2) is 0 Å².